The van der Waals surface area contributed by atoms with E-state index in [-0.39, 0.29) is 13.0 Å². The lowest BCUT2D eigenvalue weighted by atomic mass is 9.82. The Labute approximate surface area is 105 Å². The summed E-state index contributed by atoms with van der Waals surface area (Å²) in [6.07, 6.45) is 1.81. The highest BCUT2D eigenvalue weighted by atomic mass is 16.5. The number of ether oxygens (including phenoxy) is 1. The molecule has 0 spiro atoms. The van der Waals surface area contributed by atoms with Crippen LogP contribution in [0.4, 0.5) is 0 Å². The van der Waals surface area contributed by atoms with Gasteiger partial charge in [-0.15, -0.1) is 0 Å². The van der Waals surface area contributed by atoms with Crippen molar-refractivity contribution in [1.82, 2.24) is 0 Å². The zero-order valence-corrected chi connectivity index (χ0v) is 10.3. The van der Waals surface area contributed by atoms with Gasteiger partial charge in [-0.2, -0.15) is 0 Å². The summed E-state index contributed by atoms with van der Waals surface area (Å²) in [5.74, 6) is -2.80. The fourth-order valence-electron chi connectivity index (χ4n) is 1.45. The molecule has 0 saturated carbocycles. The van der Waals surface area contributed by atoms with Crippen LogP contribution in [-0.2, 0) is 19.1 Å². The maximum atomic E-state index is 11.0. The van der Waals surface area contributed by atoms with Gasteiger partial charge in [0, 0.05) is 6.08 Å². The summed E-state index contributed by atoms with van der Waals surface area (Å²) in [5, 5.41) is 17.7. The average Bonchev–Trinajstić information content (AvgIpc) is 2.27. The van der Waals surface area contributed by atoms with Gasteiger partial charge in [-0.05, 0) is 26.2 Å². The maximum Gasteiger partial charge on any atom is 0.330 e. The van der Waals surface area contributed by atoms with E-state index < -0.39 is 29.7 Å². The van der Waals surface area contributed by atoms with E-state index in [0.29, 0.717) is 12.8 Å². The van der Waals surface area contributed by atoms with Crippen LogP contribution in [0.15, 0.2) is 12.7 Å². The van der Waals surface area contributed by atoms with E-state index in [1.165, 1.54) is 6.92 Å². The molecule has 0 fully saturated rings. The molecule has 6 heteroatoms. The molecule has 0 bridgehead atoms. The second-order valence-corrected chi connectivity index (χ2v) is 4.27. The minimum Gasteiger partial charge on any atom is -0.481 e. The first-order chi connectivity index (χ1) is 8.31. The van der Waals surface area contributed by atoms with Crippen LogP contribution in [0.2, 0.25) is 0 Å². The summed E-state index contributed by atoms with van der Waals surface area (Å²) in [5.41, 5.74) is -1.28. The molecule has 2 N–H and O–H groups in total. The van der Waals surface area contributed by atoms with Gasteiger partial charge in [0.2, 0.25) is 0 Å². The van der Waals surface area contributed by atoms with Crippen molar-refractivity contribution in [2.75, 3.05) is 6.61 Å². The largest absolute Gasteiger partial charge is 0.481 e. The number of carbonyl (C=O) groups is 3. The Morgan fingerprint density at radius 1 is 1.28 bits per heavy atom. The van der Waals surface area contributed by atoms with Crippen molar-refractivity contribution < 1.29 is 29.3 Å². The first-order valence-electron chi connectivity index (χ1n) is 5.56. The van der Waals surface area contributed by atoms with E-state index in [2.05, 4.69) is 6.58 Å². The third kappa shape index (κ3) is 6.03. The van der Waals surface area contributed by atoms with Crippen molar-refractivity contribution in [3.63, 3.8) is 0 Å². The van der Waals surface area contributed by atoms with Crippen LogP contribution in [0.3, 0.4) is 0 Å². The van der Waals surface area contributed by atoms with Crippen LogP contribution >= 0.6 is 0 Å². The Hall–Kier alpha value is -1.85. The van der Waals surface area contributed by atoms with E-state index in [9.17, 15) is 14.4 Å². The molecule has 0 aromatic carbocycles. The van der Waals surface area contributed by atoms with Crippen LogP contribution in [0.1, 0.15) is 32.6 Å². The van der Waals surface area contributed by atoms with Gasteiger partial charge in [-0.1, -0.05) is 6.58 Å². The minimum atomic E-state index is -1.28. The Balaban J connectivity index is 4.06. The molecule has 1 unspecified atom stereocenters. The van der Waals surface area contributed by atoms with Crippen molar-refractivity contribution in [1.29, 1.82) is 0 Å². The summed E-state index contributed by atoms with van der Waals surface area (Å²) < 4.78 is 4.73. The van der Waals surface area contributed by atoms with E-state index >= 15 is 0 Å². The van der Waals surface area contributed by atoms with Crippen LogP contribution < -0.4 is 0 Å². The van der Waals surface area contributed by atoms with Crippen molar-refractivity contribution in [2.45, 2.75) is 32.6 Å². The lowest BCUT2D eigenvalue weighted by molar-refractivity contribution is -0.155. The molecular weight excluding hydrogens is 240 g/mol. The fraction of sp³-hybridized carbons (Fsp3) is 0.583. The Morgan fingerprint density at radius 3 is 2.33 bits per heavy atom. The van der Waals surface area contributed by atoms with Crippen LogP contribution in [0.5, 0.6) is 0 Å². The van der Waals surface area contributed by atoms with Crippen molar-refractivity contribution in [2.24, 2.45) is 5.41 Å². The maximum absolute atomic E-state index is 11.0. The highest BCUT2D eigenvalue weighted by Crippen LogP contribution is 2.28. The Bertz CT molecular complexity index is 335. The molecule has 0 aliphatic rings. The monoisotopic (exact) mass is 258 g/mol. The molecule has 0 aromatic heterocycles. The van der Waals surface area contributed by atoms with Gasteiger partial charge >= 0.3 is 17.9 Å². The average molecular weight is 258 g/mol. The van der Waals surface area contributed by atoms with Gasteiger partial charge in [0.25, 0.3) is 0 Å². The van der Waals surface area contributed by atoms with Gasteiger partial charge in [-0.25, -0.2) is 4.79 Å². The second kappa shape index (κ2) is 7.47. The van der Waals surface area contributed by atoms with Crippen LogP contribution in [-0.4, -0.2) is 34.7 Å². The number of hydrogen-bond donors (Lipinski definition) is 2. The van der Waals surface area contributed by atoms with Gasteiger partial charge in [0.15, 0.2) is 0 Å². The highest BCUT2D eigenvalue weighted by molar-refractivity contribution is 5.81. The number of unbranched alkanes of at least 4 members (excludes halogenated alkanes) is 1. The summed E-state index contributed by atoms with van der Waals surface area (Å²) in [6.45, 7) is 4.81. The molecule has 0 radical (unpaired) electrons. The number of esters is 1. The molecule has 18 heavy (non-hydrogen) atoms. The SMILES string of the molecule is C=CC(=O)OCCCCC(C)(CC(=O)O)C(=O)O. The fourth-order valence-corrected chi connectivity index (χ4v) is 1.45. The predicted molar refractivity (Wildman–Crippen MR) is 63.0 cm³/mol. The van der Waals surface area contributed by atoms with Gasteiger partial charge in [0.1, 0.15) is 0 Å². The minimum absolute atomic E-state index is 0.174. The van der Waals surface area contributed by atoms with Crippen LogP contribution in [0, 0.1) is 5.41 Å². The molecule has 0 heterocycles. The predicted octanol–water partition coefficient (Wildman–Crippen LogP) is 1.45. The Morgan fingerprint density at radius 2 is 1.89 bits per heavy atom. The molecule has 0 aliphatic carbocycles. The van der Waals surface area contributed by atoms with Crippen molar-refractivity contribution in [3.05, 3.63) is 12.7 Å². The third-order valence-electron chi connectivity index (χ3n) is 2.59. The number of carboxylic acids is 2. The number of aliphatic carboxylic acids is 2. The number of hydrogen-bond acceptors (Lipinski definition) is 4. The summed E-state index contributed by atoms with van der Waals surface area (Å²) in [4.78, 5) is 32.3. The topological polar surface area (TPSA) is 101 Å². The summed E-state index contributed by atoms with van der Waals surface area (Å²) >= 11 is 0. The molecular formula is C12H18O6. The van der Waals surface area contributed by atoms with Crippen LogP contribution in [0.25, 0.3) is 0 Å². The van der Waals surface area contributed by atoms with Gasteiger partial charge in [-0.3, -0.25) is 9.59 Å². The van der Waals surface area contributed by atoms with E-state index in [0.717, 1.165) is 6.08 Å². The first kappa shape index (κ1) is 16.1. The molecule has 6 nitrogen and oxygen atoms in total. The normalized spacial score (nSPS) is 13.4. The molecule has 102 valence electrons. The standard InChI is InChI=1S/C12H18O6/c1-3-10(15)18-7-5-4-6-12(2,11(16)17)8-9(13)14/h3H,1,4-8H2,2H3,(H,13,14)(H,16,17). The highest BCUT2D eigenvalue weighted by Gasteiger charge is 2.34. The zero-order chi connectivity index (χ0) is 14.2. The molecule has 0 rings (SSSR count). The van der Waals surface area contributed by atoms with E-state index in [4.69, 9.17) is 14.9 Å². The number of carboxylic acid groups (broad SMARTS) is 2. The molecule has 1 atom stereocenters. The quantitative estimate of drug-likeness (QED) is 0.369. The van der Waals surface area contributed by atoms with Crippen molar-refractivity contribution in [3.8, 4) is 0 Å². The zero-order valence-electron chi connectivity index (χ0n) is 10.3. The second-order valence-electron chi connectivity index (χ2n) is 4.27. The molecule has 0 saturated heterocycles. The van der Waals surface area contributed by atoms with Gasteiger partial charge in [0.05, 0.1) is 18.4 Å². The molecule has 0 aromatic rings. The molecule has 0 aliphatic heterocycles. The number of rotatable bonds is 9. The van der Waals surface area contributed by atoms with Gasteiger partial charge < -0.3 is 14.9 Å². The van der Waals surface area contributed by atoms with E-state index in [1.54, 1.807) is 0 Å². The molecule has 0 amide bonds. The lowest BCUT2D eigenvalue weighted by Gasteiger charge is -2.22. The lowest BCUT2D eigenvalue weighted by Crippen LogP contribution is -2.30. The summed E-state index contributed by atoms with van der Waals surface area (Å²) in [7, 11) is 0. The van der Waals surface area contributed by atoms with E-state index in [1.807, 2.05) is 0 Å². The summed E-state index contributed by atoms with van der Waals surface area (Å²) in [6, 6.07) is 0. The third-order valence-corrected chi connectivity index (χ3v) is 2.59. The Kier molecular flexibility index (Phi) is 6.70. The van der Waals surface area contributed by atoms with Crippen molar-refractivity contribution >= 4 is 17.9 Å². The first-order valence-corrected chi connectivity index (χ1v) is 5.56. The number of carbonyl (C=O) groups excluding carboxylic acids is 1. The smallest absolute Gasteiger partial charge is 0.330 e.